The van der Waals surface area contributed by atoms with Gasteiger partial charge in [0.05, 0.1) is 0 Å². The Balaban J connectivity index is 1.61. The highest BCUT2D eigenvalue weighted by molar-refractivity contribution is 5.84. The zero-order valence-electron chi connectivity index (χ0n) is 13.4. The van der Waals surface area contributed by atoms with Crippen molar-refractivity contribution < 1.29 is 19.1 Å². The summed E-state index contributed by atoms with van der Waals surface area (Å²) in [7, 11) is 0. The van der Waals surface area contributed by atoms with Gasteiger partial charge in [0.15, 0.2) is 0 Å². The minimum Gasteiger partial charge on any atom is -0.489 e. The third-order valence-corrected chi connectivity index (χ3v) is 4.58. The SMILES string of the molecule is Cc1oc(C(=O)O)cc1COc1ccc(C2CCCCC2)cc1. The van der Waals surface area contributed by atoms with Crippen LogP contribution in [0.2, 0.25) is 0 Å². The van der Waals surface area contributed by atoms with Gasteiger partial charge >= 0.3 is 5.97 Å². The average Bonchev–Trinajstić information content (AvgIpc) is 2.96. The monoisotopic (exact) mass is 314 g/mol. The van der Waals surface area contributed by atoms with Crippen molar-refractivity contribution in [2.24, 2.45) is 0 Å². The molecular formula is C19H22O4. The van der Waals surface area contributed by atoms with E-state index in [1.54, 1.807) is 6.92 Å². The highest BCUT2D eigenvalue weighted by Gasteiger charge is 2.16. The third kappa shape index (κ3) is 3.76. The summed E-state index contributed by atoms with van der Waals surface area (Å²) >= 11 is 0. The second-order valence-electron chi connectivity index (χ2n) is 6.19. The third-order valence-electron chi connectivity index (χ3n) is 4.58. The molecule has 1 fully saturated rings. The fourth-order valence-electron chi connectivity index (χ4n) is 3.20. The first-order valence-electron chi connectivity index (χ1n) is 8.19. The van der Waals surface area contributed by atoms with E-state index in [1.807, 2.05) is 12.1 Å². The van der Waals surface area contributed by atoms with Crippen LogP contribution in [-0.2, 0) is 6.61 Å². The van der Waals surface area contributed by atoms with E-state index < -0.39 is 5.97 Å². The van der Waals surface area contributed by atoms with Crippen LogP contribution in [0.5, 0.6) is 5.75 Å². The van der Waals surface area contributed by atoms with E-state index in [2.05, 4.69) is 12.1 Å². The van der Waals surface area contributed by atoms with Crippen LogP contribution in [-0.4, -0.2) is 11.1 Å². The van der Waals surface area contributed by atoms with Crippen LogP contribution >= 0.6 is 0 Å². The van der Waals surface area contributed by atoms with Gasteiger partial charge < -0.3 is 14.3 Å². The standard InChI is InChI=1S/C19H22O4/c1-13-16(11-18(23-13)19(20)21)12-22-17-9-7-15(8-10-17)14-5-3-2-4-6-14/h7-11,14H,2-6,12H2,1H3,(H,20,21). The molecule has 0 aliphatic heterocycles. The quantitative estimate of drug-likeness (QED) is 0.851. The highest BCUT2D eigenvalue weighted by Crippen LogP contribution is 2.33. The van der Waals surface area contributed by atoms with E-state index in [0.717, 1.165) is 11.3 Å². The number of hydrogen-bond acceptors (Lipinski definition) is 3. The number of hydrogen-bond donors (Lipinski definition) is 1. The number of rotatable bonds is 5. The van der Waals surface area contributed by atoms with Crippen molar-refractivity contribution in [1.29, 1.82) is 0 Å². The summed E-state index contributed by atoms with van der Waals surface area (Å²) in [5.74, 6) is 0.959. The molecule has 1 N–H and O–H groups in total. The molecule has 4 heteroatoms. The molecule has 0 atom stereocenters. The van der Waals surface area contributed by atoms with E-state index in [1.165, 1.54) is 43.7 Å². The largest absolute Gasteiger partial charge is 0.489 e. The van der Waals surface area contributed by atoms with Crippen molar-refractivity contribution in [3.63, 3.8) is 0 Å². The fourth-order valence-corrected chi connectivity index (χ4v) is 3.20. The summed E-state index contributed by atoms with van der Waals surface area (Å²) in [5.41, 5.74) is 2.16. The van der Waals surface area contributed by atoms with Gasteiger partial charge in [-0.15, -0.1) is 0 Å². The molecule has 122 valence electrons. The fraction of sp³-hybridized carbons (Fsp3) is 0.421. The molecule has 4 nitrogen and oxygen atoms in total. The molecule has 1 aromatic heterocycles. The number of aromatic carboxylic acids is 1. The Bertz CT molecular complexity index is 663. The second-order valence-corrected chi connectivity index (χ2v) is 6.19. The summed E-state index contributed by atoms with van der Waals surface area (Å²) in [4.78, 5) is 10.9. The maximum Gasteiger partial charge on any atom is 0.371 e. The number of carboxylic acids is 1. The highest BCUT2D eigenvalue weighted by atomic mass is 16.5. The first-order chi connectivity index (χ1) is 11.1. The summed E-state index contributed by atoms with van der Waals surface area (Å²) in [5, 5.41) is 8.93. The first kappa shape index (κ1) is 15.7. The Labute approximate surface area is 136 Å². The Hall–Kier alpha value is -2.23. The molecule has 0 bridgehead atoms. The summed E-state index contributed by atoms with van der Waals surface area (Å²) in [6, 6.07) is 9.81. The number of ether oxygens (including phenoxy) is 1. The van der Waals surface area contributed by atoms with Crippen LogP contribution in [0.1, 0.15) is 65.5 Å². The van der Waals surface area contributed by atoms with E-state index in [4.69, 9.17) is 14.3 Å². The zero-order valence-corrected chi connectivity index (χ0v) is 13.4. The minimum absolute atomic E-state index is 0.0475. The topological polar surface area (TPSA) is 59.7 Å². The van der Waals surface area contributed by atoms with Gasteiger partial charge in [0.25, 0.3) is 0 Å². The molecular weight excluding hydrogens is 292 g/mol. The van der Waals surface area contributed by atoms with Gasteiger partial charge in [0.1, 0.15) is 18.1 Å². The predicted octanol–water partition coefficient (Wildman–Crippen LogP) is 4.91. The Morgan fingerprint density at radius 1 is 1.22 bits per heavy atom. The number of carbonyl (C=O) groups is 1. The maximum atomic E-state index is 10.9. The van der Waals surface area contributed by atoms with Crippen molar-refractivity contribution in [2.75, 3.05) is 0 Å². The van der Waals surface area contributed by atoms with Crippen molar-refractivity contribution in [3.8, 4) is 5.75 Å². The summed E-state index contributed by atoms with van der Waals surface area (Å²) in [6.45, 7) is 2.06. The van der Waals surface area contributed by atoms with E-state index in [-0.39, 0.29) is 5.76 Å². The molecule has 0 unspecified atom stereocenters. The van der Waals surface area contributed by atoms with Gasteiger partial charge in [0, 0.05) is 5.56 Å². The lowest BCUT2D eigenvalue weighted by atomic mass is 9.84. The molecule has 1 heterocycles. The molecule has 1 aliphatic carbocycles. The van der Waals surface area contributed by atoms with Gasteiger partial charge in [0.2, 0.25) is 5.76 Å². The lowest BCUT2D eigenvalue weighted by Gasteiger charge is -2.22. The second kappa shape index (κ2) is 6.90. The molecule has 1 aliphatic rings. The van der Waals surface area contributed by atoms with E-state index >= 15 is 0 Å². The van der Waals surface area contributed by atoms with Crippen molar-refractivity contribution in [3.05, 3.63) is 53.0 Å². The molecule has 23 heavy (non-hydrogen) atoms. The van der Waals surface area contributed by atoms with E-state index in [9.17, 15) is 4.79 Å². The molecule has 1 saturated carbocycles. The smallest absolute Gasteiger partial charge is 0.371 e. The Morgan fingerprint density at radius 3 is 2.52 bits per heavy atom. The Morgan fingerprint density at radius 2 is 1.91 bits per heavy atom. The Kier molecular flexibility index (Phi) is 4.70. The van der Waals surface area contributed by atoms with Crippen molar-refractivity contribution in [2.45, 2.75) is 51.6 Å². The normalized spacial score (nSPS) is 15.5. The van der Waals surface area contributed by atoms with Gasteiger partial charge in [-0.25, -0.2) is 4.79 Å². The number of furan rings is 1. The lowest BCUT2D eigenvalue weighted by molar-refractivity contribution is 0.0661. The maximum absolute atomic E-state index is 10.9. The van der Waals surface area contributed by atoms with Gasteiger partial charge in [-0.3, -0.25) is 0 Å². The van der Waals surface area contributed by atoms with Gasteiger partial charge in [-0.2, -0.15) is 0 Å². The van der Waals surface area contributed by atoms with E-state index in [0.29, 0.717) is 18.3 Å². The molecule has 0 radical (unpaired) electrons. The molecule has 0 amide bonds. The molecule has 0 saturated heterocycles. The molecule has 2 aromatic rings. The van der Waals surface area contributed by atoms with Crippen LogP contribution in [0.15, 0.2) is 34.7 Å². The number of benzene rings is 1. The zero-order chi connectivity index (χ0) is 16.2. The van der Waals surface area contributed by atoms with Crippen LogP contribution in [0.3, 0.4) is 0 Å². The molecule has 1 aromatic carbocycles. The van der Waals surface area contributed by atoms with Gasteiger partial charge in [-0.05, 0) is 49.4 Å². The number of carboxylic acid groups (broad SMARTS) is 1. The van der Waals surface area contributed by atoms with Crippen molar-refractivity contribution in [1.82, 2.24) is 0 Å². The van der Waals surface area contributed by atoms with Crippen molar-refractivity contribution >= 4 is 5.97 Å². The molecule has 0 spiro atoms. The lowest BCUT2D eigenvalue weighted by Crippen LogP contribution is -2.04. The van der Waals surface area contributed by atoms with Crippen LogP contribution < -0.4 is 4.74 Å². The van der Waals surface area contributed by atoms with Crippen LogP contribution in [0.25, 0.3) is 0 Å². The average molecular weight is 314 g/mol. The summed E-state index contributed by atoms with van der Waals surface area (Å²) in [6.07, 6.45) is 6.59. The first-order valence-corrected chi connectivity index (χ1v) is 8.19. The van der Waals surface area contributed by atoms with Crippen LogP contribution in [0.4, 0.5) is 0 Å². The minimum atomic E-state index is -1.06. The van der Waals surface area contributed by atoms with Gasteiger partial charge in [-0.1, -0.05) is 31.4 Å². The summed E-state index contributed by atoms with van der Waals surface area (Å²) < 4.78 is 10.9. The molecule has 3 rings (SSSR count). The predicted molar refractivity (Wildman–Crippen MR) is 87.0 cm³/mol. The number of aryl methyl sites for hydroxylation is 1. The van der Waals surface area contributed by atoms with Crippen LogP contribution in [0, 0.1) is 6.92 Å².